The smallest absolute Gasteiger partial charge is 0.311 e. The molecule has 1 saturated carbocycles. The van der Waals surface area contributed by atoms with Gasteiger partial charge >= 0.3 is 5.97 Å². The van der Waals surface area contributed by atoms with Crippen LogP contribution in [-0.2, 0) is 19.0 Å². The minimum Gasteiger partial charge on any atom is -0.435 e. The van der Waals surface area contributed by atoms with Gasteiger partial charge in [0.25, 0.3) is 0 Å². The zero-order valence-electron chi connectivity index (χ0n) is 16.0. The normalized spacial score (nSPS) is 37.0. The fraction of sp³-hybridized carbons (Fsp3) is 0.762. The fourth-order valence-corrected chi connectivity index (χ4v) is 4.85. The highest BCUT2D eigenvalue weighted by Crippen LogP contribution is 2.54. The van der Waals surface area contributed by atoms with Crippen LogP contribution in [0.1, 0.15) is 59.3 Å². The summed E-state index contributed by atoms with van der Waals surface area (Å²) in [5.74, 6) is 1.06. The molecule has 0 aromatic carbocycles. The highest BCUT2D eigenvalue weighted by Gasteiger charge is 2.59. The molecule has 25 heavy (non-hydrogen) atoms. The molecule has 3 rings (SSSR count). The minimum atomic E-state index is -0.382. The maximum atomic E-state index is 12.5. The van der Waals surface area contributed by atoms with Crippen molar-refractivity contribution in [1.82, 2.24) is 0 Å². The van der Waals surface area contributed by atoms with Gasteiger partial charge in [-0.1, -0.05) is 23.3 Å². The van der Waals surface area contributed by atoms with Crippen molar-refractivity contribution in [1.29, 1.82) is 0 Å². The molecule has 0 spiro atoms. The van der Waals surface area contributed by atoms with E-state index in [1.165, 1.54) is 11.1 Å². The van der Waals surface area contributed by atoms with Gasteiger partial charge in [-0.25, -0.2) is 0 Å². The van der Waals surface area contributed by atoms with Crippen LogP contribution in [0.2, 0.25) is 0 Å². The number of rotatable bonds is 7. The fourth-order valence-electron chi connectivity index (χ4n) is 4.85. The van der Waals surface area contributed by atoms with Crippen LogP contribution in [0.3, 0.4) is 0 Å². The van der Waals surface area contributed by atoms with Crippen molar-refractivity contribution < 1.29 is 19.0 Å². The lowest BCUT2D eigenvalue weighted by Crippen LogP contribution is -2.42. The van der Waals surface area contributed by atoms with Gasteiger partial charge in [0.05, 0.1) is 5.92 Å². The third kappa shape index (κ3) is 4.01. The van der Waals surface area contributed by atoms with E-state index in [-0.39, 0.29) is 24.5 Å². The van der Waals surface area contributed by atoms with Gasteiger partial charge in [-0.3, -0.25) is 4.79 Å². The Morgan fingerprint density at radius 1 is 1.16 bits per heavy atom. The number of allylic oxidation sites excluding steroid dienone is 4. The molecule has 0 aromatic heterocycles. The summed E-state index contributed by atoms with van der Waals surface area (Å²) in [7, 11) is 1.68. The molecule has 3 fully saturated rings. The zero-order chi connectivity index (χ0) is 18.0. The topological polar surface area (TPSA) is 44.8 Å². The van der Waals surface area contributed by atoms with Gasteiger partial charge in [0.2, 0.25) is 6.29 Å². The van der Waals surface area contributed by atoms with Crippen LogP contribution < -0.4 is 0 Å². The molecule has 4 nitrogen and oxygen atoms in total. The Kier molecular flexibility index (Phi) is 6.00. The van der Waals surface area contributed by atoms with E-state index >= 15 is 0 Å². The van der Waals surface area contributed by atoms with Crippen LogP contribution in [0.25, 0.3) is 0 Å². The summed E-state index contributed by atoms with van der Waals surface area (Å²) in [4.78, 5) is 12.5. The number of hydrogen-bond acceptors (Lipinski definition) is 4. The molecule has 6 atom stereocenters. The first-order valence-corrected chi connectivity index (χ1v) is 9.69. The number of carbonyl (C=O) groups excluding carboxylic acids is 1. The quantitative estimate of drug-likeness (QED) is 0.498. The predicted octanol–water partition coefficient (Wildman–Crippen LogP) is 4.60. The van der Waals surface area contributed by atoms with Gasteiger partial charge in [-0.15, -0.1) is 0 Å². The Morgan fingerprint density at radius 3 is 2.64 bits per heavy atom. The third-order valence-electron chi connectivity index (χ3n) is 6.10. The molecule has 0 N–H and O–H groups in total. The van der Waals surface area contributed by atoms with Crippen molar-refractivity contribution >= 4 is 5.97 Å². The molecule has 1 aliphatic carbocycles. The Morgan fingerprint density at radius 2 is 1.92 bits per heavy atom. The van der Waals surface area contributed by atoms with Crippen LogP contribution >= 0.6 is 0 Å². The van der Waals surface area contributed by atoms with Crippen LogP contribution in [0.15, 0.2) is 23.3 Å². The van der Waals surface area contributed by atoms with Crippen LogP contribution in [0, 0.1) is 23.7 Å². The van der Waals surface area contributed by atoms with Gasteiger partial charge in [0.15, 0.2) is 6.29 Å². The lowest BCUT2D eigenvalue weighted by molar-refractivity contribution is -0.229. The summed E-state index contributed by atoms with van der Waals surface area (Å²) in [6.45, 7) is 6.46. The zero-order valence-corrected chi connectivity index (χ0v) is 16.0. The largest absolute Gasteiger partial charge is 0.435 e. The van der Waals surface area contributed by atoms with Crippen molar-refractivity contribution in [3.05, 3.63) is 23.3 Å². The second kappa shape index (κ2) is 8.05. The minimum absolute atomic E-state index is 0.0206. The molecular weight excluding hydrogens is 316 g/mol. The van der Waals surface area contributed by atoms with Crippen molar-refractivity contribution in [2.45, 2.75) is 71.9 Å². The molecule has 0 amide bonds. The second-order valence-electron chi connectivity index (χ2n) is 8.08. The molecular formula is C21H32O4. The molecule has 140 valence electrons. The second-order valence-corrected chi connectivity index (χ2v) is 8.08. The average molecular weight is 348 g/mol. The van der Waals surface area contributed by atoms with Crippen molar-refractivity contribution in [2.75, 3.05) is 7.11 Å². The summed E-state index contributed by atoms with van der Waals surface area (Å²) in [6.07, 6.45) is 10.2. The molecule has 0 bridgehead atoms. The number of methoxy groups -OCH3 is 1. The van der Waals surface area contributed by atoms with Gasteiger partial charge in [0.1, 0.15) is 0 Å². The van der Waals surface area contributed by atoms with Crippen LogP contribution in [0.4, 0.5) is 0 Å². The lowest BCUT2D eigenvalue weighted by Gasteiger charge is -2.35. The standard InChI is InChI=1S/C21H32O4/c1-13(2)7-5-8-14(3)9-6-10-16-15-11-12-17-18(15)21(24-19(16)22)25-20(17)23-4/h7,9,15-18,20-21H,5-6,8,10-12H2,1-4H3/b14-9+/t15-,16+,17-,18+,20-,21-/m1/s1. The van der Waals surface area contributed by atoms with E-state index in [4.69, 9.17) is 14.2 Å². The van der Waals surface area contributed by atoms with Crippen molar-refractivity contribution in [3.8, 4) is 0 Å². The average Bonchev–Trinajstić information content (AvgIpc) is 3.13. The van der Waals surface area contributed by atoms with E-state index in [2.05, 4.69) is 32.9 Å². The Labute approximate surface area is 151 Å². The van der Waals surface area contributed by atoms with E-state index in [9.17, 15) is 4.79 Å². The molecule has 0 unspecified atom stereocenters. The van der Waals surface area contributed by atoms with Gasteiger partial charge in [0, 0.05) is 18.9 Å². The van der Waals surface area contributed by atoms with E-state index < -0.39 is 0 Å². The summed E-state index contributed by atoms with van der Waals surface area (Å²) in [5, 5.41) is 0. The first-order valence-electron chi connectivity index (χ1n) is 9.69. The van der Waals surface area contributed by atoms with Crippen molar-refractivity contribution in [2.24, 2.45) is 23.7 Å². The highest BCUT2D eigenvalue weighted by molar-refractivity contribution is 5.74. The molecule has 3 aliphatic rings. The number of ether oxygens (including phenoxy) is 3. The predicted molar refractivity (Wildman–Crippen MR) is 96.6 cm³/mol. The van der Waals surface area contributed by atoms with Gasteiger partial charge in [-0.05, 0) is 65.2 Å². The Balaban J connectivity index is 1.55. The monoisotopic (exact) mass is 348 g/mol. The summed E-state index contributed by atoms with van der Waals surface area (Å²) >= 11 is 0. The molecule has 0 aromatic rings. The lowest BCUT2D eigenvalue weighted by atomic mass is 9.77. The first kappa shape index (κ1) is 18.7. The Hall–Kier alpha value is -1.13. The molecule has 2 heterocycles. The maximum absolute atomic E-state index is 12.5. The van der Waals surface area contributed by atoms with E-state index in [0.29, 0.717) is 17.8 Å². The molecule has 2 aliphatic heterocycles. The molecule has 4 heteroatoms. The van der Waals surface area contributed by atoms with E-state index in [0.717, 1.165) is 38.5 Å². The molecule has 2 saturated heterocycles. The van der Waals surface area contributed by atoms with Crippen molar-refractivity contribution in [3.63, 3.8) is 0 Å². The maximum Gasteiger partial charge on any atom is 0.311 e. The summed E-state index contributed by atoms with van der Waals surface area (Å²) < 4.78 is 16.8. The van der Waals surface area contributed by atoms with E-state index in [1.807, 2.05) is 0 Å². The Bertz CT molecular complexity index is 546. The van der Waals surface area contributed by atoms with Gasteiger partial charge < -0.3 is 14.2 Å². The van der Waals surface area contributed by atoms with Crippen LogP contribution in [0.5, 0.6) is 0 Å². The third-order valence-corrected chi connectivity index (χ3v) is 6.10. The number of hydrogen-bond donors (Lipinski definition) is 0. The van der Waals surface area contributed by atoms with Crippen LogP contribution in [-0.4, -0.2) is 25.7 Å². The number of esters is 1. The SMILES string of the molecule is CO[C@@H]1O[C@H]2OC(=O)[C@@H](CC/C=C(\C)CCC=C(C)C)[C@H]3CC[C@@H]1[C@@H]23. The summed E-state index contributed by atoms with van der Waals surface area (Å²) in [5.41, 5.74) is 2.78. The molecule has 0 radical (unpaired) electrons. The van der Waals surface area contributed by atoms with E-state index in [1.54, 1.807) is 7.11 Å². The summed E-state index contributed by atoms with van der Waals surface area (Å²) in [6, 6.07) is 0. The van der Waals surface area contributed by atoms with Gasteiger partial charge in [-0.2, -0.15) is 0 Å². The number of carbonyl (C=O) groups is 1. The first-order chi connectivity index (χ1) is 12.0. The highest BCUT2D eigenvalue weighted by atomic mass is 16.8.